The average Bonchev–Trinajstić information content (AvgIpc) is 2.75. The van der Waals surface area contributed by atoms with Crippen LogP contribution in [0, 0.1) is 5.92 Å². The lowest BCUT2D eigenvalue weighted by molar-refractivity contribution is 0.343. The normalized spacial score (nSPS) is 25.9. The van der Waals surface area contributed by atoms with Crippen molar-refractivity contribution in [3.63, 3.8) is 0 Å². The van der Waals surface area contributed by atoms with E-state index in [-0.39, 0.29) is 0 Å². The summed E-state index contributed by atoms with van der Waals surface area (Å²) in [4.78, 5) is 4.62. The van der Waals surface area contributed by atoms with Crippen molar-refractivity contribution in [2.75, 3.05) is 6.54 Å². The second-order valence-corrected chi connectivity index (χ2v) is 4.94. The van der Waals surface area contributed by atoms with Crippen LogP contribution in [-0.2, 0) is 0 Å². The molecule has 0 aromatic carbocycles. The number of aliphatic imine (C=N–C) groups is 1. The lowest BCUT2D eigenvalue weighted by Gasteiger charge is -2.21. The first-order valence-corrected chi connectivity index (χ1v) is 6.59. The molecule has 2 aliphatic rings. The van der Waals surface area contributed by atoms with Crippen LogP contribution >= 0.6 is 0 Å². The van der Waals surface area contributed by atoms with Crippen molar-refractivity contribution in [2.45, 2.75) is 58.3 Å². The first-order chi connectivity index (χ1) is 7.40. The van der Waals surface area contributed by atoms with Gasteiger partial charge in [0.2, 0.25) is 0 Å². The Morgan fingerprint density at radius 1 is 1.27 bits per heavy atom. The third kappa shape index (κ3) is 2.93. The topological polar surface area (TPSA) is 12.4 Å². The van der Waals surface area contributed by atoms with Gasteiger partial charge in [-0.1, -0.05) is 38.2 Å². The van der Waals surface area contributed by atoms with Crippen LogP contribution in [0.1, 0.15) is 58.3 Å². The Bertz CT molecular complexity index is 257. The van der Waals surface area contributed by atoms with Crippen molar-refractivity contribution in [3.8, 4) is 0 Å². The Morgan fingerprint density at radius 2 is 2.07 bits per heavy atom. The molecule has 0 radical (unpaired) electrons. The first-order valence-electron chi connectivity index (χ1n) is 6.59. The van der Waals surface area contributed by atoms with Crippen molar-refractivity contribution in [1.29, 1.82) is 0 Å². The van der Waals surface area contributed by atoms with Gasteiger partial charge >= 0.3 is 0 Å². The van der Waals surface area contributed by atoms with Gasteiger partial charge < -0.3 is 0 Å². The molecule has 1 nitrogen and oxygen atoms in total. The van der Waals surface area contributed by atoms with Crippen molar-refractivity contribution in [2.24, 2.45) is 10.9 Å². The fourth-order valence-corrected chi connectivity index (χ4v) is 2.92. The van der Waals surface area contributed by atoms with E-state index in [1.54, 1.807) is 0 Å². The molecule has 84 valence electrons. The third-order valence-corrected chi connectivity index (χ3v) is 3.92. The number of hydrogen-bond donors (Lipinski definition) is 0. The highest BCUT2D eigenvalue weighted by Gasteiger charge is 2.17. The maximum atomic E-state index is 4.62. The van der Waals surface area contributed by atoms with E-state index in [4.69, 9.17) is 0 Å². The van der Waals surface area contributed by atoms with Gasteiger partial charge in [0.1, 0.15) is 0 Å². The molecule has 0 saturated heterocycles. The first kappa shape index (κ1) is 10.9. The highest BCUT2D eigenvalue weighted by atomic mass is 14.8. The van der Waals surface area contributed by atoms with Gasteiger partial charge in [-0.2, -0.15) is 0 Å². The largest absolute Gasteiger partial charge is 0.289 e. The predicted molar refractivity (Wildman–Crippen MR) is 66.5 cm³/mol. The molecule has 1 saturated carbocycles. The van der Waals surface area contributed by atoms with E-state index in [2.05, 4.69) is 18.0 Å². The summed E-state index contributed by atoms with van der Waals surface area (Å²) >= 11 is 0. The fraction of sp³-hybridized carbons (Fsp3) is 0.786. The Hall–Kier alpha value is -0.590. The molecule has 0 aromatic rings. The van der Waals surface area contributed by atoms with Crippen LogP contribution in [0.5, 0.6) is 0 Å². The molecule has 0 spiro atoms. The molecular weight excluding hydrogens is 182 g/mol. The van der Waals surface area contributed by atoms with Crippen LogP contribution < -0.4 is 0 Å². The fourth-order valence-electron chi connectivity index (χ4n) is 2.92. The molecule has 1 heterocycles. The van der Waals surface area contributed by atoms with Crippen LogP contribution in [0.2, 0.25) is 0 Å². The van der Waals surface area contributed by atoms with Crippen LogP contribution in [0.15, 0.2) is 16.6 Å². The summed E-state index contributed by atoms with van der Waals surface area (Å²) in [6, 6.07) is 0. The second kappa shape index (κ2) is 5.48. The maximum Gasteiger partial charge on any atom is 0.0433 e. The molecule has 15 heavy (non-hydrogen) atoms. The standard InChI is InChI=1S/C14H23N/c1-2-13-10-11-15-14(13)9-8-12-6-4-3-5-7-12/h2,12H,3-11H2,1H3/b13-2-. The molecule has 1 heteroatoms. The van der Waals surface area contributed by atoms with Gasteiger partial charge in [0.15, 0.2) is 0 Å². The van der Waals surface area contributed by atoms with E-state index in [0.29, 0.717) is 0 Å². The Kier molecular flexibility index (Phi) is 3.99. The maximum absolute atomic E-state index is 4.62. The van der Waals surface area contributed by atoms with Gasteiger partial charge in [-0.25, -0.2) is 0 Å². The van der Waals surface area contributed by atoms with Crippen molar-refractivity contribution >= 4 is 5.71 Å². The molecule has 0 aromatic heterocycles. The molecule has 0 unspecified atom stereocenters. The molecule has 0 N–H and O–H groups in total. The summed E-state index contributed by atoms with van der Waals surface area (Å²) in [7, 11) is 0. The van der Waals surface area contributed by atoms with E-state index in [9.17, 15) is 0 Å². The third-order valence-electron chi connectivity index (χ3n) is 3.92. The van der Waals surface area contributed by atoms with E-state index < -0.39 is 0 Å². The minimum atomic E-state index is 1.00. The van der Waals surface area contributed by atoms with Crippen molar-refractivity contribution in [1.82, 2.24) is 0 Å². The van der Waals surface area contributed by atoms with Crippen LogP contribution in [0.3, 0.4) is 0 Å². The van der Waals surface area contributed by atoms with Gasteiger partial charge in [0, 0.05) is 12.3 Å². The zero-order chi connectivity index (χ0) is 10.5. The van der Waals surface area contributed by atoms with Crippen molar-refractivity contribution in [3.05, 3.63) is 11.6 Å². The van der Waals surface area contributed by atoms with Gasteiger partial charge in [-0.05, 0) is 37.7 Å². The Balaban J connectivity index is 1.77. The summed E-state index contributed by atoms with van der Waals surface area (Å²) in [5, 5.41) is 0. The SMILES string of the molecule is C/C=C1/CCN=C1CCC1CCCCC1. The zero-order valence-corrected chi connectivity index (χ0v) is 9.97. The predicted octanol–water partition coefficient (Wildman–Crippen LogP) is 4.14. The number of hydrogen-bond acceptors (Lipinski definition) is 1. The van der Waals surface area contributed by atoms with Gasteiger partial charge in [0.25, 0.3) is 0 Å². The summed E-state index contributed by atoms with van der Waals surface area (Å²) in [6.45, 7) is 3.19. The minimum absolute atomic E-state index is 1.00. The molecule has 0 amide bonds. The number of nitrogens with zero attached hydrogens (tertiary/aromatic N) is 1. The van der Waals surface area contributed by atoms with E-state index >= 15 is 0 Å². The highest BCUT2D eigenvalue weighted by molar-refractivity contribution is 6.01. The summed E-state index contributed by atoms with van der Waals surface area (Å²) in [5.41, 5.74) is 2.94. The monoisotopic (exact) mass is 205 g/mol. The summed E-state index contributed by atoms with van der Waals surface area (Å²) in [5.74, 6) is 1.00. The van der Waals surface area contributed by atoms with Gasteiger partial charge in [0.05, 0.1) is 0 Å². The number of rotatable bonds is 3. The quantitative estimate of drug-likeness (QED) is 0.656. The molecule has 1 fully saturated rings. The van der Waals surface area contributed by atoms with Crippen LogP contribution in [0.4, 0.5) is 0 Å². The average molecular weight is 205 g/mol. The minimum Gasteiger partial charge on any atom is -0.289 e. The summed E-state index contributed by atoms with van der Waals surface area (Å²) in [6.07, 6.45) is 13.4. The van der Waals surface area contributed by atoms with Gasteiger partial charge in [-0.15, -0.1) is 0 Å². The van der Waals surface area contributed by atoms with E-state index in [0.717, 1.165) is 12.5 Å². The Labute approximate surface area is 93.7 Å². The molecule has 2 rings (SSSR count). The highest BCUT2D eigenvalue weighted by Crippen LogP contribution is 2.28. The second-order valence-electron chi connectivity index (χ2n) is 4.94. The molecule has 1 aliphatic heterocycles. The van der Waals surface area contributed by atoms with E-state index in [1.165, 1.54) is 62.7 Å². The van der Waals surface area contributed by atoms with Crippen LogP contribution in [0.25, 0.3) is 0 Å². The molecule has 1 aliphatic carbocycles. The van der Waals surface area contributed by atoms with Gasteiger partial charge in [-0.3, -0.25) is 4.99 Å². The summed E-state index contributed by atoms with van der Waals surface area (Å²) < 4.78 is 0. The zero-order valence-electron chi connectivity index (χ0n) is 9.97. The molecule has 0 bridgehead atoms. The lowest BCUT2D eigenvalue weighted by atomic mass is 9.85. The smallest absolute Gasteiger partial charge is 0.0433 e. The van der Waals surface area contributed by atoms with Crippen LogP contribution in [-0.4, -0.2) is 12.3 Å². The molecule has 0 atom stereocenters. The Morgan fingerprint density at radius 3 is 2.80 bits per heavy atom. The lowest BCUT2D eigenvalue weighted by Crippen LogP contribution is -2.08. The number of allylic oxidation sites excluding steroid dienone is 1. The van der Waals surface area contributed by atoms with E-state index in [1.807, 2.05) is 0 Å². The molecular formula is C14H23N. The van der Waals surface area contributed by atoms with Crippen molar-refractivity contribution < 1.29 is 0 Å².